The first-order valence-electron chi connectivity index (χ1n) is 14.7. The Bertz CT molecular complexity index is 1460. The van der Waals surface area contributed by atoms with E-state index in [4.69, 9.17) is 15.2 Å². The van der Waals surface area contributed by atoms with Crippen LogP contribution in [0.4, 0.5) is 10.6 Å². The summed E-state index contributed by atoms with van der Waals surface area (Å²) in [6, 6.07) is 0.0772. The van der Waals surface area contributed by atoms with E-state index in [1.54, 1.807) is 16.8 Å². The van der Waals surface area contributed by atoms with Crippen molar-refractivity contribution < 1.29 is 34.1 Å². The van der Waals surface area contributed by atoms with Crippen LogP contribution in [0, 0.1) is 23.7 Å². The Kier molecular flexibility index (Phi) is 8.08. The molecule has 0 radical (unpaired) electrons. The number of amides is 3. The lowest BCUT2D eigenvalue weighted by atomic mass is 9.94. The first-order chi connectivity index (χ1) is 20.7. The Morgan fingerprint density at radius 3 is 2.60 bits per heavy atom. The molecule has 4 fully saturated rings. The molecule has 15 heteroatoms. The van der Waals surface area contributed by atoms with Gasteiger partial charge >= 0.3 is 6.09 Å². The number of anilines is 1. The van der Waals surface area contributed by atoms with Crippen molar-refractivity contribution in [2.45, 2.75) is 69.1 Å². The summed E-state index contributed by atoms with van der Waals surface area (Å²) in [4.78, 5) is 53.3. The zero-order valence-corrected chi connectivity index (χ0v) is 23.9. The topological polar surface area (TPSA) is 198 Å². The molecule has 2 aromatic heterocycles. The van der Waals surface area contributed by atoms with Gasteiger partial charge in [0.2, 0.25) is 11.7 Å². The molecule has 2 unspecified atom stereocenters. The van der Waals surface area contributed by atoms with Crippen LogP contribution in [0.1, 0.15) is 50.6 Å². The smallest absolute Gasteiger partial charge is 0.409 e. The largest absolute Gasteiger partial charge is 0.449 e. The molecular weight excluding hydrogens is 560 g/mol. The van der Waals surface area contributed by atoms with Gasteiger partial charge in [0.1, 0.15) is 24.3 Å². The maximum Gasteiger partial charge on any atom is 0.409 e. The highest BCUT2D eigenvalue weighted by Gasteiger charge is 2.48. The fourth-order valence-electron chi connectivity index (χ4n) is 5.70. The highest BCUT2D eigenvalue weighted by atomic mass is 16.6. The number of hydrogen-bond donors (Lipinski definition) is 4. The predicted molar refractivity (Wildman–Crippen MR) is 150 cm³/mol. The number of piperidine rings is 1. The Labute approximate surface area is 247 Å². The van der Waals surface area contributed by atoms with Gasteiger partial charge in [0, 0.05) is 39.1 Å². The zero-order chi connectivity index (χ0) is 30.2. The number of hydrogen-bond acceptors (Lipinski definition) is 11. The van der Waals surface area contributed by atoms with E-state index in [1.807, 2.05) is 0 Å². The van der Waals surface area contributed by atoms with Gasteiger partial charge in [-0.3, -0.25) is 14.2 Å². The van der Waals surface area contributed by atoms with Crippen molar-refractivity contribution >= 4 is 34.9 Å². The molecule has 0 aromatic carbocycles. The number of ether oxygens (including phenoxy) is 2. The van der Waals surface area contributed by atoms with E-state index in [0.717, 1.165) is 25.7 Å². The number of aliphatic hydroxyl groups is 2. The summed E-state index contributed by atoms with van der Waals surface area (Å²) in [5.41, 5.74) is 6.66. The third-order valence-electron chi connectivity index (χ3n) is 8.55. The number of carbonyl (C=O) groups excluding carboxylic acids is 3. The number of nitrogen functional groups attached to an aromatic ring is 1. The second kappa shape index (κ2) is 11.9. The van der Waals surface area contributed by atoms with Crippen LogP contribution in [0.2, 0.25) is 0 Å². The number of fused-ring (bicyclic) bond motifs is 1. The second-order valence-corrected chi connectivity index (χ2v) is 11.7. The van der Waals surface area contributed by atoms with Crippen LogP contribution in [0.25, 0.3) is 11.2 Å². The minimum absolute atomic E-state index is 0.0181. The number of carbonyl (C=O) groups is 3. The number of aromatic nitrogens is 4. The first kappa shape index (κ1) is 29.1. The van der Waals surface area contributed by atoms with Crippen molar-refractivity contribution in [1.29, 1.82) is 0 Å². The first-order valence-corrected chi connectivity index (χ1v) is 14.7. The monoisotopic (exact) mass is 596 g/mol. The molecule has 1 saturated carbocycles. The van der Waals surface area contributed by atoms with Crippen molar-refractivity contribution in [3.63, 3.8) is 0 Å². The molecule has 3 saturated heterocycles. The van der Waals surface area contributed by atoms with E-state index in [0.29, 0.717) is 32.5 Å². The molecule has 15 nitrogen and oxygen atoms in total. The summed E-state index contributed by atoms with van der Waals surface area (Å²) >= 11 is 0. The molecule has 5 N–H and O–H groups in total. The number of imidazole rings is 1. The Hall–Kier alpha value is -4.00. The number of nitrogens with two attached hydrogens (primary N) is 1. The minimum Gasteiger partial charge on any atom is -0.449 e. The summed E-state index contributed by atoms with van der Waals surface area (Å²) in [5.74, 6) is 5.88. The lowest BCUT2D eigenvalue weighted by Gasteiger charge is -2.30. The van der Waals surface area contributed by atoms with Crippen LogP contribution < -0.4 is 11.1 Å². The molecule has 1 aliphatic carbocycles. The van der Waals surface area contributed by atoms with E-state index < -0.39 is 30.4 Å². The lowest BCUT2D eigenvalue weighted by molar-refractivity contribution is -0.137. The Morgan fingerprint density at radius 1 is 1.14 bits per heavy atom. The summed E-state index contributed by atoms with van der Waals surface area (Å²) in [7, 11) is 1.75. The fraction of sp³-hybridized carbons (Fsp3) is 0.643. The maximum atomic E-state index is 12.5. The second-order valence-electron chi connectivity index (χ2n) is 11.7. The van der Waals surface area contributed by atoms with Crippen molar-refractivity contribution in [2.75, 3.05) is 39.0 Å². The lowest BCUT2D eigenvalue weighted by Crippen LogP contribution is -2.43. The predicted octanol–water partition coefficient (Wildman–Crippen LogP) is -0.625. The van der Waals surface area contributed by atoms with Crippen molar-refractivity contribution in [3.05, 3.63) is 12.2 Å². The highest BCUT2D eigenvalue weighted by molar-refractivity contribution is 5.83. The van der Waals surface area contributed by atoms with Gasteiger partial charge in [-0.2, -0.15) is 0 Å². The van der Waals surface area contributed by atoms with Crippen LogP contribution in [-0.2, 0) is 19.1 Å². The highest BCUT2D eigenvalue weighted by Crippen LogP contribution is 2.33. The average molecular weight is 597 g/mol. The molecule has 5 heterocycles. The Morgan fingerprint density at radius 2 is 1.91 bits per heavy atom. The van der Waals surface area contributed by atoms with E-state index >= 15 is 0 Å². The molecule has 4 aliphatic rings. The average Bonchev–Trinajstić information content (AvgIpc) is 3.51. The van der Waals surface area contributed by atoms with Gasteiger partial charge in [-0.1, -0.05) is 5.92 Å². The Balaban J connectivity index is 1.04. The van der Waals surface area contributed by atoms with Gasteiger partial charge in [-0.15, -0.1) is 0 Å². The zero-order valence-electron chi connectivity index (χ0n) is 23.9. The van der Waals surface area contributed by atoms with Gasteiger partial charge in [-0.25, -0.2) is 19.7 Å². The van der Waals surface area contributed by atoms with Gasteiger partial charge in [0.05, 0.1) is 12.2 Å². The molecular formula is C28H36N8O7. The third kappa shape index (κ3) is 6.08. The van der Waals surface area contributed by atoms with E-state index in [-0.39, 0.29) is 59.3 Å². The van der Waals surface area contributed by atoms with Crippen molar-refractivity contribution in [1.82, 2.24) is 34.6 Å². The molecule has 43 heavy (non-hydrogen) atoms. The van der Waals surface area contributed by atoms with Gasteiger partial charge in [0.15, 0.2) is 23.8 Å². The van der Waals surface area contributed by atoms with E-state index in [1.165, 1.54) is 10.9 Å². The van der Waals surface area contributed by atoms with Crippen LogP contribution >= 0.6 is 0 Å². The molecule has 3 amide bonds. The summed E-state index contributed by atoms with van der Waals surface area (Å²) in [6.45, 7) is 1.90. The fourth-order valence-corrected chi connectivity index (χ4v) is 5.70. The summed E-state index contributed by atoms with van der Waals surface area (Å²) in [6.07, 6.45) is 0.374. The quantitative estimate of drug-likeness (QED) is 0.310. The molecule has 6 rings (SSSR count). The SMILES string of the molecule is CN1CCC(COC(=O)N2CCC(CC#Cc3nc(N)c4ncn([C@@H]5O[C@H](C(=O)NC6CC6)C(O)[C@@H]5O)c4n3)CC2)C1=O. The molecule has 0 spiro atoms. The number of aliphatic hydroxyl groups excluding tert-OH is 2. The standard InChI is InChI=1S/C28H36N8O7/c1-34-10-9-16(26(34)40)13-42-28(41)35-11-7-15(8-12-35)3-2-4-18-32-23(29)19-24(33-18)36(14-30-19)27-21(38)20(37)22(43-27)25(39)31-17-5-6-17/h14-17,20-22,27,37-38H,3,5-13H2,1H3,(H,31,39)(H2,29,32,33)/t16?,20?,21-,22-,27+/m0/s1. The third-order valence-corrected chi connectivity index (χ3v) is 8.55. The summed E-state index contributed by atoms with van der Waals surface area (Å²) < 4.78 is 12.6. The minimum atomic E-state index is -1.42. The molecule has 0 bridgehead atoms. The maximum absolute atomic E-state index is 12.5. The van der Waals surface area contributed by atoms with Gasteiger partial charge < -0.3 is 40.5 Å². The van der Waals surface area contributed by atoms with Gasteiger partial charge in [-0.05, 0) is 43.9 Å². The van der Waals surface area contributed by atoms with Crippen LogP contribution in [0.5, 0.6) is 0 Å². The summed E-state index contributed by atoms with van der Waals surface area (Å²) in [5, 5.41) is 24.0. The number of likely N-dealkylation sites (tertiary alicyclic amines) is 2. The molecule has 3 aliphatic heterocycles. The van der Waals surface area contributed by atoms with Gasteiger partial charge in [0.25, 0.3) is 5.91 Å². The normalized spacial score (nSPS) is 27.8. The van der Waals surface area contributed by atoms with E-state index in [2.05, 4.69) is 32.1 Å². The molecule has 2 aromatic rings. The number of nitrogens with zero attached hydrogens (tertiary/aromatic N) is 6. The van der Waals surface area contributed by atoms with Crippen LogP contribution in [-0.4, -0.2) is 115 Å². The molecule has 5 atom stereocenters. The molecule has 230 valence electrons. The number of rotatable bonds is 6. The van der Waals surface area contributed by atoms with Crippen molar-refractivity contribution in [3.8, 4) is 11.8 Å². The van der Waals surface area contributed by atoms with Crippen molar-refractivity contribution in [2.24, 2.45) is 11.8 Å². The number of nitrogens with one attached hydrogen (secondary N) is 1. The van der Waals surface area contributed by atoms with Crippen LogP contribution in [0.3, 0.4) is 0 Å². The van der Waals surface area contributed by atoms with E-state index in [9.17, 15) is 24.6 Å². The van der Waals surface area contributed by atoms with Crippen LogP contribution in [0.15, 0.2) is 6.33 Å².